The zero-order valence-electron chi connectivity index (χ0n) is 19.4. The lowest BCUT2D eigenvalue weighted by atomic mass is 9.83. The number of urea groups is 1. The van der Waals surface area contributed by atoms with Gasteiger partial charge in [-0.2, -0.15) is 5.26 Å². The molecule has 2 aliphatic heterocycles. The second-order valence-electron chi connectivity index (χ2n) is 9.77. The Bertz CT molecular complexity index is 1180. The minimum Gasteiger partial charge on any atom is -0.319 e. The van der Waals surface area contributed by atoms with Gasteiger partial charge in [0.05, 0.1) is 11.6 Å². The molecule has 2 heterocycles. The van der Waals surface area contributed by atoms with Crippen LogP contribution in [0.2, 0.25) is 0 Å². The number of piperidine rings is 1. The lowest BCUT2D eigenvalue weighted by molar-refractivity contribution is -0.131. The Hall–Kier alpha value is -3.24. The van der Waals surface area contributed by atoms with E-state index < -0.39 is 11.2 Å². The summed E-state index contributed by atoms with van der Waals surface area (Å²) in [4.78, 5) is 29.6. The molecule has 6 nitrogen and oxygen atoms in total. The van der Waals surface area contributed by atoms with Crippen LogP contribution in [0, 0.1) is 18.3 Å². The predicted molar refractivity (Wildman–Crippen MR) is 126 cm³/mol. The Labute approximate surface area is 199 Å². The van der Waals surface area contributed by atoms with Crippen molar-refractivity contribution in [2.45, 2.75) is 50.2 Å². The van der Waals surface area contributed by atoms with Gasteiger partial charge < -0.3 is 10.2 Å². The summed E-state index contributed by atoms with van der Waals surface area (Å²) in [5.74, 6) is -0.158. The Morgan fingerprint density at radius 3 is 2.59 bits per heavy atom. The highest BCUT2D eigenvalue weighted by Gasteiger charge is 2.55. The van der Waals surface area contributed by atoms with Crippen molar-refractivity contribution in [1.29, 1.82) is 5.26 Å². The van der Waals surface area contributed by atoms with Gasteiger partial charge in [-0.15, -0.1) is 0 Å². The molecule has 1 spiro atoms. The van der Waals surface area contributed by atoms with Gasteiger partial charge in [-0.3, -0.25) is 9.69 Å². The molecule has 7 heteroatoms. The van der Waals surface area contributed by atoms with E-state index >= 15 is 4.39 Å². The molecule has 2 aromatic rings. The van der Waals surface area contributed by atoms with E-state index in [1.807, 2.05) is 19.1 Å². The van der Waals surface area contributed by atoms with E-state index in [1.165, 1.54) is 4.90 Å². The molecule has 0 bridgehead atoms. The molecule has 1 N–H and O–H groups in total. The van der Waals surface area contributed by atoms with E-state index in [9.17, 15) is 14.9 Å². The van der Waals surface area contributed by atoms with Gasteiger partial charge in [-0.05, 0) is 62.8 Å². The number of fused-ring (bicyclic) bond motifs is 2. The van der Waals surface area contributed by atoms with E-state index in [1.54, 1.807) is 24.3 Å². The van der Waals surface area contributed by atoms with Crippen LogP contribution < -0.4 is 5.32 Å². The monoisotopic (exact) mass is 460 g/mol. The number of amides is 3. The number of nitriles is 1. The number of alkyl halides is 1. The summed E-state index contributed by atoms with van der Waals surface area (Å²) in [5, 5.41) is 12.3. The lowest BCUT2D eigenvalue weighted by Crippen LogP contribution is -2.43. The molecule has 0 aromatic heterocycles. The van der Waals surface area contributed by atoms with Gasteiger partial charge >= 0.3 is 6.03 Å². The van der Waals surface area contributed by atoms with E-state index in [4.69, 9.17) is 0 Å². The van der Waals surface area contributed by atoms with Crippen LogP contribution in [0.5, 0.6) is 0 Å². The van der Waals surface area contributed by atoms with Crippen LogP contribution in [0.15, 0.2) is 42.5 Å². The van der Waals surface area contributed by atoms with Gasteiger partial charge in [-0.1, -0.05) is 42.0 Å². The third kappa shape index (κ3) is 3.67. The summed E-state index contributed by atoms with van der Waals surface area (Å²) in [6.07, 6.45) is 2.68. The van der Waals surface area contributed by atoms with Crippen molar-refractivity contribution < 1.29 is 14.0 Å². The van der Waals surface area contributed by atoms with Crippen LogP contribution in [0.25, 0.3) is 0 Å². The van der Waals surface area contributed by atoms with Crippen LogP contribution in [-0.2, 0) is 22.4 Å². The number of nitrogens with zero attached hydrogens (tertiary/aromatic N) is 3. The third-order valence-electron chi connectivity index (χ3n) is 7.70. The molecule has 3 aliphatic rings. The summed E-state index contributed by atoms with van der Waals surface area (Å²) in [6, 6.07) is 14.7. The maximum Gasteiger partial charge on any atom is 0.325 e. The van der Waals surface area contributed by atoms with Gasteiger partial charge in [-0.25, -0.2) is 9.18 Å². The van der Waals surface area contributed by atoms with E-state index in [0.29, 0.717) is 63.0 Å². The molecule has 3 amide bonds. The number of nitrogens with one attached hydrogen (secondary N) is 1. The summed E-state index contributed by atoms with van der Waals surface area (Å²) in [7, 11) is 0. The number of imide groups is 1. The minimum absolute atomic E-state index is 0.158. The van der Waals surface area contributed by atoms with Gasteiger partial charge in [0, 0.05) is 25.2 Å². The van der Waals surface area contributed by atoms with Crippen molar-refractivity contribution in [3.63, 3.8) is 0 Å². The molecular formula is C27H29FN4O2. The van der Waals surface area contributed by atoms with Crippen molar-refractivity contribution in [1.82, 2.24) is 15.1 Å². The molecule has 0 radical (unpaired) electrons. The molecule has 5 rings (SSSR count). The Morgan fingerprint density at radius 2 is 1.82 bits per heavy atom. The molecule has 2 aromatic carbocycles. The molecule has 1 aliphatic carbocycles. The molecule has 2 fully saturated rings. The number of hydrogen-bond acceptors (Lipinski definition) is 4. The maximum atomic E-state index is 15.6. The maximum absolute atomic E-state index is 15.6. The van der Waals surface area contributed by atoms with Crippen LogP contribution in [0.3, 0.4) is 0 Å². The topological polar surface area (TPSA) is 76.4 Å². The molecule has 1 unspecified atom stereocenters. The first-order valence-corrected chi connectivity index (χ1v) is 12.0. The lowest BCUT2D eigenvalue weighted by Gasteiger charge is -2.37. The van der Waals surface area contributed by atoms with Crippen molar-refractivity contribution >= 4 is 11.9 Å². The molecule has 176 valence electrons. The van der Waals surface area contributed by atoms with Crippen LogP contribution in [0.4, 0.5) is 9.18 Å². The SMILES string of the molecule is Cc1ccc2c(c1)CCC21NC(=O)N(CCCN2CCC(F)(c3ccccc3C#N)CC2)C1=O. The van der Waals surface area contributed by atoms with Crippen molar-refractivity contribution in [3.05, 3.63) is 70.3 Å². The second-order valence-corrected chi connectivity index (χ2v) is 9.77. The Morgan fingerprint density at radius 1 is 1.06 bits per heavy atom. The number of aryl methyl sites for hydroxylation is 2. The fraction of sp³-hybridized carbons (Fsp3) is 0.444. The largest absolute Gasteiger partial charge is 0.325 e. The zero-order chi connectivity index (χ0) is 23.9. The summed E-state index contributed by atoms with van der Waals surface area (Å²) < 4.78 is 15.6. The van der Waals surface area contributed by atoms with Gasteiger partial charge in [0.2, 0.25) is 0 Å². The molecule has 0 saturated carbocycles. The minimum atomic E-state index is -1.49. The average Bonchev–Trinajstić information content (AvgIpc) is 3.32. The highest BCUT2D eigenvalue weighted by molar-refractivity contribution is 6.08. The number of hydrogen-bond donors (Lipinski definition) is 1. The first-order chi connectivity index (χ1) is 16.4. The summed E-state index contributed by atoms with van der Waals surface area (Å²) >= 11 is 0. The van der Waals surface area contributed by atoms with Gasteiger partial charge in [0.25, 0.3) is 5.91 Å². The summed E-state index contributed by atoms with van der Waals surface area (Å²) in [5.41, 5.74) is 1.67. The van der Waals surface area contributed by atoms with Gasteiger partial charge in [0.15, 0.2) is 0 Å². The Kier molecular flexibility index (Phi) is 5.65. The van der Waals surface area contributed by atoms with Crippen molar-refractivity contribution in [3.8, 4) is 6.07 Å². The van der Waals surface area contributed by atoms with Crippen LogP contribution in [-0.4, -0.2) is 47.9 Å². The zero-order valence-corrected chi connectivity index (χ0v) is 19.4. The first-order valence-electron chi connectivity index (χ1n) is 12.0. The predicted octanol–water partition coefficient (Wildman–Crippen LogP) is 3.91. The average molecular weight is 461 g/mol. The number of carbonyl (C=O) groups is 2. The Balaban J connectivity index is 1.17. The smallest absolute Gasteiger partial charge is 0.319 e. The normalized spacial score (nSPS) is 23.7. The number of rotatable bonds is 5. The number of likely N-dealkylation sites (tertiary alicyclic amines) is 1. The highest BCUT2D eigenvalue weighted by atomic mass is 19.1. The summed E-state index contributed by atoms with van der Waals surface area (Å²) in [6.45, 7) is 4.22. The van der Waals surface area contributed by atoms with Crippen molar-refractivity contribution in [2.75, 3.05) is 26.2 Å². The van der Waals surface area contributed by atoms with Gasteiger partial charge in [0.1, 0.15) is 11.2 Å². The number of benzene rings is 2. The fourth-order valence-corrected chi connectivity index (χ4v) is 5.81. The molecule has 2 saturated heterocycles. The molecule has 1 atom stereocenters. The first kappa shape index (κ1) is 22.5. The van der Waals surface area contributed by atoms with E-state index in [-0.39, 0.29) is 11.9 Å². The quantitative estimate of drug-likeness (QED) is 0.687. The van der Waals surface area contributed by atoms with Crippen molar-refractivity contribution in [2.24, 2.45) is 0 Å². The van der Waals surface area contributed by atoms with E-state index in [2.05, 4.69) is 22.4 Å². The molecular weight excluding hydrogens is 431 g/mol. The third-order valence-corrected chi connectivity index (χ3v) is 7.70. The standard InChI is InChI=1S/C27H29FN4O2/c1-19-7-8-23-20(17-19)9-10-27(23)24(33)32(25(34)30-27)14-4-13-31-15-11-26(28,12-16-31)22-6-3-2-5-21(22)18-29/h2-3,5-8,17H,4,9-16H2,1H3,(H,30,34). The fourth-order valence-electron chi connectivity index (χ4n) is 5.81. The van der Waals surface area contributed by atoms with E-state index in [0.717, 1.165) is 23.1 Å². The molecule has 34 heavy (non-hydrogen) atoms. The van der Waals surface area contributed by atoms with Crippen LogP contribution >= 0.6 is 0 Å². The van der Waals surface area contributed by atoms with Crippen LogP contribution in [0.1, 0.15) is 53.5 Å². The highest BCUT2D eigenvalue weighted by Crippen LogP contribution is 2.42. The number of halogens is 1. The second kappa shape index (κ2) is 8.52. The number of carbonyl (C=O) groups excluding carboxylic acids is 2.